The molecule has 0 saturated carbocycles. The van der Waals surface area contributed by atoms with E-state index >= 15 is 0 Å². The first-order valence-corrected chi connectivity index (χ1v) is 7.84. The van der Waals surface area contributed by atoms with Crippen LogP contribution in [0.15, 0.2) is 15.1 Å². The Morgan fingerprint density at radius 1 is 1.55 bits per heavy atom. The molecule has 0 unspecified atom stereocenters. The van der Waals surface area contributed by atoms with Gasteiger partial charge >= 0.3 is 5.82 Å². The van der Waals surface area contributed by atoms with E-state index in [1.165, 1.54) is 0 Å². The molecule has 0 aliphatic carbocycles. The minimum absolute atomic E-state index is 0.0376. The summed E-state index contributed by atoms with van der Waals surface area (Å²) >= 11 is 6.37. The highest BCUT2D eigenvalue weighted by atomic mass is 79.9. The Labute approximate surface area is 141 Å². The Morgan fingerprint density at radius 3 is 2.82 bits per heavy atom. The first kappa shape index (κ1) is 16.6. The number of aromatic nitrogens is 4. The number of rotatable bonds is 6. The summed E-state index contributed by atoms with van der Waals surface area (Å²) in [6.07, 6.45) is 2.54. The van der Waals surface area contributed by atoms with E-state index in [0.29, 0.717) is 19.5 Å². The van der Waals surface area contributed by atoms with Crippen LogP contribution in [-0.4, -0.2) is 37.4 Å². The van der Waals surface area contributed by atoms with Gasteiger partial charge in [0, 0.05) is 19.3 Å². The maximum atomic E-state index is 11.9. The summed E-state index contributed by atoms with van der Waals surface area (Å²) in [6, 6.07) is 0. The molecule has 0 aliphatic heterocycles. The molecular formula is C11H12Br2N6O3. The van der Waals surface area contributed by atoms with Crippen LogP contribution >= 0.6 is 31.9 Å². The summed E-state index contributed by atoms with van der Waals surface area (Å²) in [5, 5.41) is 23.4. The monoisotopic (exact) mass is 434 g/mol. The lowest BCUT2D eigenvalue weighted by Crippen LogP contribution is -2.26. The third kappa shape index (κ3) is 3.71. The topological polar surface area (TPSA) is 119 Å². The van der Waals surface area contributed by atoms with E-state index in [4.69, 9.17) is 0 Å². The Bertz CT molecular complexity index is 691. The van der Waals surface area contributed by atoms with Gasteiger partial charge in [-0.05, 0) is 50.1 Å². The van der Waals surface area contributed by atoms with Gasteiger partial charge in [-0.25, -0.2) is 0 Å². The Kier molecular flexibility index (Phi) is 5.29. The van der Waals surface area contributed by atoms with Crippen LogP contribution in [0.5, 0.6) is 0 Å². The molecule has 11 heteroatoms. The Hall–Kier alpha value is -1.75. The summed E-state index contributed by atoms with van der Waals surface area (Å²) in [5.74, 6) is -0.823. The van der Waals surface area contributed by atoms with Gasteiger partial charge in [-0.1, -0.05) is 5.10 Å². The predicted octanol–water partition coefficient (Wildman–Crippen LogP) is 2.17. The van der Waals surface area contributed by atoms with Crippen molar-refractivity contribution >= 4 is 43.6 Å². The van der Waals surface area contributed by atoms with Crippen LogP contribution in [0.4, 0.5) is 5.82 Å². The second kappa shape index (κ2) is 7.01. The van der Waals surface area contributed by atoms with Crippen LogP contribution in [0, 0.1) is 17.0 Å². The molecule has 2 aromatic heterocycles. The van der Waals surface area contributed by atoms with Crippen molar-refractivity contribution < 1.29 is 9.72 Å². The second-order valence-corrected chi connectivity index (χ2v) is 6.07. The lowest BCUT2D eigenvalue weighted by atomic mass is 10.3. The molecule has 2 heterocycles. The normalized spacial score (nSPS) is 10.7. The molecule has 0 spiro atoms. The molecule has 1 amide bonds. The van der Waals surface area contributed by atoms with Gasteiger partial charge in [0.25, 0.3) is 5.91 Å². The van der Waals surface area contributed by atoms with Gasteiger partial charge in [0.05, 0.1) is 10.2 Å². The molecule has 2 aromatic rings. The zero-order valence-electron chi connectivity index (χ0n) is 11.5. The van der Waals surface area contributed by atoms with Crippen molar-refractivity contribution in [2.45, 2.75) is 19.9 Å². The number of amides is 1. The molecule has 2 N–H and O–H groups in total. The van der Waals surface area contributed by atoms with Crippen LogP contribution in [-0.2, 0) is 6.54 Å². The molecule has 2 rings (SSSR count). The first-order chi connectivity index (χ1) is 10.4. The number of hydrogen-bond acceptors (Lipinski definition) is 5. The third-order valence-corrected chi connectivity index (χ3v) is 4.35. The maximum Gasteiger partial charge on any atom is 0.357 e. The molecular weight excluding hydrogens is 424 g/mol. The third-order valence-electron chi connectivity index (χ3n) is 2.82. The number of carbonyl (C=O) groups is 1. The number of nitrogens with zero attached hydrogens (tertiary/aromatic N) is 4. The molecule has 0 saturated heterocycles. The minimum atomic E-state index is -0.647. The quantitative estimate of drug-likeness (QED) is 0.409. The largest absolute Gasteiger partial charge is 0.358 e. The van der Waals surface area contributed by atoms with Crippen LogP contribution in [0.1, 0.15) is 22.6 Å². The van der Waals surface area contributed by atoms with E-state index in [1.54, 1.807) is 4.68 Å². The number of halogens is 2. The molecule has 0 aliphatic rings. The molecule has 0 bridgehead atoms. The van der Waals surface area contributed by atoms with Crippen LogP contribution < -0.4 is 5.32 Å². The number of H-pyrrole nitrogens is 1. The summed E-state index contributed by atoms with van der Waals surface area (Å²) in [6.45, 7) is 2.95. The number of carbonyl (C=O) groups excluding carboxylic acids is 1. The SMILES string of the molecule is Cc1nn(CCCNC(=O)c2n[nH]c([N+](=O)[O-])c2Br)cc1Br. The van der Waals surface area contributed by atoms with E-state index in [1.807, 2.05) is 13.1 Å². The van der Waals surface area contributed by atoms with Crippen molar-refractivity contribution in [3.63, 3.8) is 0 Å². The van der Waals surface area contributed by atoms with Crippen molar-refractivity contribution in [1.29, 1.82) is 0 Å². The number of aromatic amines is 1. The number of aryl methyl sites for hydroxylation is 2. The molecule has 0 atom stereocenters. The van der Waals surface area contributed by atoms with Gasteiger partial charge in [-0.3, -0.25) is 9.48 Å². The van der Waals surface area contributed by atoms with Gasteiger partial charge in [0.15, 0.2) is 5.69 Å². The fraction of sp³-hybridized carbons (Fsp3) is 0.364. The van der Waals surface area contributed by atoms with Crippen LogP contribution in [0.2, 0.25) is 0 Å². The van der Waals surface area contributed by atoms with E-state index in [2.05, 4.69) is 52.5 Å². The van der Waals surface area contributed by atoms with Crippen molar-refractivity contribution in [2.24, 2.45) is 0 Å². The standard InChI is InChI=1S/C11H12Br2N6O3/c1-6-7(12)5-18(17-6)4-2-3-14-11(20)9-8(13)10(16-15-9)19(21)22/h5H,2-4H2,1H3,(H,14,20)(H,15,16). The molecule has 0 fully saturated rings. The fourth-order valence-corrected chi connectivity index (χ4v) is 2.54. The smallest absolute Gasteiger partial charge is 0.357 e. The molecule has 0 aromatic carbocycles. The lowest BCUT2D eigenvalue weighted by molar-refractivity contribution is -0.390. The predicted molar refractivity (Wildman–Crippen MR) is 84.6 cm³/mol. The summed E-state index contributed by atoms with van der Waals surface area (Å²) in [4.78, 5) is 21.9. The van der Waals surface area contributed by atoms with Crippen molar-refractivity contribution in [3.8, 4) is 0 Å². The zero-order valence-corrected chi connectivity index (χ0v) is 14.6. The summed E-state index contributed by atoms with van der Waals surface area (Å²) in [5.41, 5.74) is 0.862. The van der Waals surface area contributed by atoms with E-state index < -0.39 is 10.8 Å². The van der Waals surface area contributed by atoms with Crippen LogP contribution in [0.3, 0.4) is 0 Å². The minimum Gasteiger partial charge on any atom is -0.358 e. The van der Waals surface area contributed by atoms with Crippen molar-refractivity contribution in [2.75, 3.05) is 6.54 Å². The average Bonchev–Trinajstić information content (AvgIpc) is 2.98. The van der Waals surface area contributed by atoms with Crippen molar-refractivity contribution in [3.05, 3.63) is 36.6 Å². The summed E-state index contributed by atoms with van der Waals surface area (Å²) in [7, 11) is 0. The van der Waals surface area contributed by atoms with Crippen molar-refractivity contribution in [1.82, 2.24) is 25.3 Å². The van der Waals surface area contributed by atoms with Gasteiger partial charge in [-0.15, -0.1) is 5.10 Å². The van der Waals surface area contributed by atoms with E-state index in [9.17, 15) is 14.9 Å². The van der Waals surface area contributed by atoms with Gasteiger partial charge < -0.3 is 15.4 Å². The van der Waals surface area contributed by atoms with Gasteiger partial charge in [0.2, 0.25) is 0 Å². The summed E-state index contributed by atoms with van der Waals surface area (Å²) < 4.78 is 2.76. The van der Waals surface area contributed by atoms with E-state index in [0.717, 1.165) is 10.2 Å². The Morgan fingerprint density at radius 2 is 2.27 bits per heavy atom. The lowest BCUT2D eigenvalue weighted by Gasteiger charge is -2.03. The fourth-order valence-electron chi connectivity index (χ4n) is 1.73. The average molecular weight is 436 g/mol. The second-order valence-electron chi connectivity index (χ2n) is 4.43. The van der Waals surface area contributed by atoms with Crippen LogP contribution in [0.25, 0.3) is 0 Å². The van der Waals surface area contributed by atoms with E-state index in [-0.39, 0.29) is 16.0 Å². The van der Waals surface area contributed by atoms with Gasteiger partial charge in [0.1, 0.15) is 4.47 Å². The highest BCUT2D eigenvalue weighted by molar-refractivity contribution is 9.11. The number of hydrogen-bond donors (Lipinski definition) is 2. The number of nitrogens with one attached hydrogen (secondary N) is 2. The maximum absolute atomic E-state index is 11.9. The molecule has 9 nitrogen and oxygen atoms in total. The molecule has 118 valence electrons. The Balaban J connectivity index is 1.84. The highest BCUT2D eigenvalue weighted by Crippen LogP contribution is 2.25. The molecule has 22 heavy (non-hydrogen) atoms. The zero-order chi connectivity index (χ0) is 16.3. The number of nitro groups is 1. The highest BCUT2D eigenvalue weighted by Gasteiger charge is 2.24. The first-order valence-electron chi connectivity index (χ1n) is 6.26. The van der Waals surface area contributed by atoms with Gasteiger partial charge in [-0.2, -0.15) is 5.10 Å². The molecule has 0 radical (unpaired) electrons.